The number of terminal acetylenes is 1. The van der Waals surface area contributed by atoms with Crippen molar-refractivity contribution in [1.29, 1.82) is 0 Å². The lowest BCUT2D eigenvalue weighted by Crippen LogP contribution is -2.39. The molecule has 1 aromatic heterocycles. The van der Waals surface area contributed by atoms with E-state index in [4.69, 9.17) is 22.8 Å². The zero-order valence-electron chi connectivity index (χ0n) is 15.2. The number of pyridine rings is 1. The van der Waals surface area contributed by atoms with Gasteiger partial charge in [0.25, 0.3) is 0 Å². The van der Waals surface area contributed by atoms with Crippen molar-refractivity contribution in [2.45, 2.75) is 12.8 Å². The molecule has 144 valence electrons. The predicted octanol–water partition coefficient (Wildman–Crippen LogP) is 3.32. The number of rotatable bonds is 8. The van der Waals surface area contributed by atoms with Crippen molar-refractivity contribution in [3.05, 3.63) is 58.9 Å². The van der Waals surface area contributed by atoms with Gasteiger partial charge in [-0.25, -0.2) is 4.98 Å². The van der Waals surface area contributed by atoms with Gasteiger partial charge in [-0.1, -0.05) is 35.7 Å². The average Bonchev–Trinajstić information content (AvgIpc) is 2.67. The normalized spacial score (nSPS) is 10.5. The Hall–Kier alpha value is -1.98. The zero-order chi connectivity index (χ0) is 18.6. The molecule has 0 unspecified atom stereocenters. The van der Waals surface area contributed by atoms with Crippen LogP contribution in [-0.2, 0) is 12.8 Å². The minimum absolute atomic E-state index is 0. The van der Waals surface area contributed by atoms with Gasteiger partial charge in [0, 0.05) is 26.3 Å². The van der Waals surface area contributed by atoms with E-state index in [-0.39, 0.29) is 30.6 Å². The smallest absolute Gasteiger partial charge is 0.190 e. The lowest BCUT2D eigenvalue weighted by molar-refractivity contribution is 0.370. The summed E-state index contributed by atoms with van der Waals surface area (Å²) >= 11 is 5.79. The van der Waals surface area contributed by atoms with Crippen molar-refractivity contribution in [2.75, 3.05) is 26.7 Å². The second-order valence-corrected chi connectivity index (χ2v) is 5.94. The van der Waals surface area contributed by atoms with Gasteiger partial charge in [-0.05, 0) is 42.2 Å². The van der Waals surface area contributed by atoms with Gasteiger partial charge in [-0.15, -0.1) is 30.4 Å². The molecule has 0 aliphatic carbocycles. The van der Waals surface area contributed by atoms with E-state index in [2.05, 4.69) is 26.5 Å². The highest BCUT2D eigenvalue weighted by Crippen LogP contribution is 2.12. The molecule has 27 heavy (non-hydrogen) atoms. The number of nitrogens with zero attached hydrogens (tertiary/aromatic N) is 2. The maximum Gasteiger partial charge on any atom is 0.190 e. The first kappa shape index (κ1) is 23.1. The molecule has 0 bridgehead atoms. The summed E-state index contributed by atoms with van der Waals surface area (Å²) in [5, 5.41) is 7.11. The maximum absolute atomic E-state index is 5.79. The van der Waals surface area contributed by atoms with E-state index in [0.29, 0.717) is 5.15 Å². The Balaban J connectivity index is 0.00000364. The van der Waals surface area contributed by atoms with Crippen molar-refractivity contribution >= 4 is 41.5 Å². The van der Waals surface area contributed by atoms with Crippen LogP contribution in [-0.4, -0.2) is 37.7 Å². The molecule has 1 heterocycles. The summed E-state index contributed by atoms with van der Waals surface area (Å²) in [6.45, 7) is 1.84. The topological polar surface area (TPSA) is 58.5 Å². The number of benzene rings is 1. The highest BCUT2D eigenvalue weighted by Gasteiger charge is 2.00. The summed E-state index contributed by atoms with van der Waals surface area (Å²) in [4.78, 5) is 8.31. The Morgan fingerprint density at radius 3 is 2.30 bits per heavy atom. The first-order valence-corrected chi connectivity index (χ1v) is 8.79. The van der Waals surface area contributed by atoms with Crippen LogP contribution in [0.3, 0.4) is 0 Å². The molecule has 0 atom stereocenters. The number of hydrogen-bond donors (Lipinski definition) is 2. The third kappa shape index (κ3) is 8.98. The van der Waals surface area contributed by atoms with Gasteiger partial charge in [-0.2, -0.15) is 0 Å². The molecule has 0 saturated heterocycles. The van der Waals surface area contributed by atoms with Crippen LogP contribution in [0.25, 0.3) is 0 Å². The van der Waals surface area contributed by atoms with Crippen molar-refractivity contribution in [3.8, 4) is 18.1 Å². The molecule has 2 aromatic rings. The van der Waals surface area contributed by atoms with E-state index in [1.54, 1.807) is 19.3 Å². The quantitative estimate of drug-likeness (QED) is 0.193. The highest BCUT2D eigenvalue weighted by molar-refractivity contribution is 14.0. The largest absolute Gasteiger partial charge is 0.481 e. The molecule has 0 radical (unpaired) electrons. The average molecular weight is 499 g/mol. The number of aromatic nitrogens is 1. The fourth-order valence-corrected chi connectivity index (χ4v) is 2.41. The number of ether oxygens (including phenoxy) is 1. The van der Waals surface area contributed by atoms with Crippen LogP contribution >= 0.6 is 35.6 Å². The van der Waals surface area contributed by atoms with Gasteiger partial charge in [-0.3, -0.25) is 4.99 Å². The molecular formula is C20H24ClIN4O. The second kappa shape index (κ2) is 13.2. The van der Waals surface area contributed by atoms with Crippen LogP contribution in [0.1, 0.15) is 11.1 Å². The Morgan fingerprint density at radius 2 is 1.74 bits per heavy atom. The van der Waals surface area contributed by atoms with Crippen LogP contribution in [0.4, 0.5) is 0 Å². The van der Waals surface area contributed by atoms with E-state index in [1.165, 1.54) is 5.56 Å². The molecular weight excluding hydrogens is 475 g/mol. The maximum atomic E-state index is 5.79. The van der Waals surface area contributed by atoms with Crippen LogP contribution in [0, 0.1) is 12.3 Å². The molecule has 0 spiro atoms. The fourth-order valence-electron chi connectivity index (χ4n) is 2.30. The summed E-state index contributed by atoms with van der Waals surface area (Å²) in [5.74, 6) is 4.02. The zero-order valence-corrected chi connectivity index (χ0v) is 18.3. The van der Waals surface area contributed by atoms with Crippen LogP contribution in [0.2, 0.25) is 5.15 Å². The lowest BCUT2D eigenvalue weighted by Gasteiger charge is -2.12. The molecule has 5 nitrogen and oxygen atoms in total. The van der Waals surface area contributed by atoms with Gasteiger partial charge in [0.1, 0.15) is 17.5 Å². The van der Waals surface area contributed by atoms with Gasteiger partial charge in [0.05, 0.1) is 0 Å². The first-order chi connectivity index (χ1) is 12.7. The van der Waals surface area contributed by atoms with Gasteiger partial charge >= 0.3 is 0 Å². The van der Waals surface area contributed by atoms with E-state index >= 15 is 0 Å². The van der Waals surface area contributed by atoms with Crippen LogP contribution in [0.5, 0.6) is 5.75 Å². The predicted molar refractivity (Wildman–Crippen MR) is 122 cm³/mol. The molecule has 0 amide bonds. The number of aliphatic imine (C=N–C) groups is 1. The van der Waals surface area contributed by atoms with Gasteiger partial charge in [0.15, 0.2) is 5.96 Å². The van der Waals surface area contributed by atoms with Crippen molar-refractivity contribution in [1.82, 2.24) is 15.6 Å². The molecule has 2 N–H and O–H groups in total. The van der Waals surface area contributed by atoms with Crippen LogP contribution in [0.15, 0.2) is 47.6 Å². The summed E-state index contributed by atoms with van der Waals surface area (Å²) in [6, 6.07) is 11.7. The minimum atomic E-state index is 0. The number of hydrogen-bond acceptors (Lipinski definition) is 3. The molecule has 7 heteroatoms. The van der Waals surface area contributed by atoms with E-state index in [0.717, 1.165) is 43.2 Å². The van der Waals surface area contributed by atoms with Crippen molar-refractivity contribution in [2.24, 2.45) is 4.99 Å². The number of guanidine groups is 1. The molecule has 2 rings (SSSR count). The molecule has 0 saturated carbocycles. The summed E-state index contributed by atoms with van der Waals surface area (Å²) in [6.07, 6.45) is 8.70. The Kier molecular flexibility index (Phi) is 11.3. The summed E-state index contributed by atoms with van der Waals surface area (Å²) in [5.41, 5.74) is 2.35. The second-order valence-electron chi connectivity index (χ2n) is 5.55. The highest BCUT2D eigenvalue weighted by atomic mass is 127. The fraction of sp³-hybridized carbons (Fsp3) is 0.300. The Morgan fingerprint density at radius 1 is 1.11 bits per heavy atom. The first-order valence-electron chi connectivity index (χ1n) is 8.41. The van der Waals surface area contributed by atoms with Crippen molar-refractivity contribution < 1.29 is 4.74 Å². The number of nitrogens with one attached hydrogen (secondary N) is 2. The number of halogens is 2. The third-order valence-corrected chi connectivity index (χ3v) is 3.89. The van der Waals surface area contributed by atoms with E-state index in [1.807, 2.05) is 30.3 Å². The Bertz CT molecular complexity index is 742. The SMILES string of the molecule is C#CCOc1ccc(CCNC(=NC)NCCc2ccc(Cl)nc2)cc1.I. The monoisotopic (exact) mass is 498 g/mol. The lowest BCUT2D eigenvalue weighted by atomic mass is 10.1. The van der Waals surface area contributed by atoms with Gasteiger partial charge in [0.2, 0.25) is 0 Å². The van der Waals surface area contributed by atoms with Gasteiger partial charge < -0.3 is 15.4 Å². The molecule has 0 fully saturated rings. The van der Waals surface area contributed by atoms with E-state index in [9.17, 15) is 0 Å². The third-order valence-electron chi connectivity index (χ3n) is 3.67. The van der Waals surface area contributed by atoms with Crippen molar-refractivity contribution in [3.63, 3.8) is 0 Å². The molecule has 1 aromatic carbocycles. The summed E-state index contributed by atoms with van der Waals surface area (Å²) in [7, 11) is 1.76. The standard InChI is InChI=1S/C20H23ClN4O.HI/c1-3-14-26-18-7-4-16(5-8-18)10-12-23-20(22-2)24-13-11-17-6-9-19(21)25-15-17;/h1,4-9,15H,10-14H2,2H3,(H2,22,23,24);1H. The summed E-state index contributed by atoms with van der Waals surface area (Å²) < 4.78 is 5.36. The molecule has 0 aliphatic heterocycles. The van der Waals surface area contributed by atoms with E-state index < -0.39 is 0 Å². The Labute approximate surface area is 183 Å². The molecule has 0 aliphatic rings. The minimum Gasteiger partial charge on any atom is -0.481 e. The van der Waals surface area contributed by atoms with Crippen LogP contribution < -0.4 is 15.4 Å².